The van der Waals surface area contributed by atoms with Gasteiger partial charge in [0.05, 0.1) is 12.2 Å². The van der Waals surface area contributed by atoms with E-state index in [1.54, 1.807) is 0 Å². The van der Waals surface area contributed by atoms with Crippen molar-refractivity contribution in [2.75, 3.05) is 0 Å². The molecule has 1 heterocycles. The Morgan fingerprint density at radius 3 is 2.52 bits per heavy atom. The monoisotopic (exact) mass is 308 g/mol. The van der Waals surface area contributed by atoms with E-state index in [9.17, 15) is 0 Å². The number of hydrogen-bond donors (Lipinski definition) is 1. The van der Waals surface area contributed by atoms with Crippen LogP contribution in [0, 0.1) is 13.8 Å². The smallest absolute Gasteiger partial charge is 0.150 e. The lowest BCUT2D eigenvalue weighted by Gasteiger charge is -2.11. The van der Waals surface area contributed by atoms with E-state index in [-0.39, 0.29) is 0 Å². The Bertz CT molecular complexity index is 763. The first kappa shape index (κ1) is 15.3. The summed E-state index contributed by atoms with van der Waals surface area (Å²) in [6.45, 7) is 5.31. The van der Waals surface area contributed by atoms with Gasteiger partial charge in [-0.15, -0.1) is 0 Å². The van der Waals surface area contributed by atoms with Gasteiger partial charge >= 0.3 is 0 Å². The van der Waals surface area contributed by atoms with Gasteiger partial charge in [-0.05, 0) is 32.0 Å². The lowest BCUT2D eigenvalue weighted by atomic mass is 10.2. The van der Waals surface area contributed by atoms with Crippen molar-refractivity contribution in [3.05, 3.63) is 77.2 Å². The summed E-state index contributed by atoms with van der Waals surface area (Å²) < 4.78 is 11.2. The Kier molecular flexibility index (Phi) is 4.74. The summed E-state index contributed by atoms with van der Waals surface area (Å²) in [7, 11) is 0. The maximum absolute atomic E-state index is 6.00. The normalized spacial score (nSPS) is 10.7. The standard InChI is InChI=1S/C19H20N2O2/c1-14-7-9-17(10-8-14)22-19-6-4-3-5-16(19)12-20-13-18-11-15(2)21-23-18/h3-11,20H,12-13H2,1-2H3. The molecule has 118 valence electrons. The quantitative estimate of drug-likeness (QED) is 0.734. The van der Waals surface area contributed by atoms with Crippen LogP contribution in [0.25, 0.3) is 0 Å². The fourth-order valence-electron chi connectivity index (χ4n) is 2.30. The zero-order chi connectivity index (χ0) is 16.1. The highest BCUT2D eigenvalue weighted by Crippen LogP contribution is 2.25. The van der Waals surface area contributed by atoms with Crippen molar-refractivity contribution in [1.82, 2.24) is 10.5 Å². The SMILES string of the molecule is Cc1ccc(Oc2ccccc2CNCc2cc(C)no2)cc1. The van der Waals surface area contributed by atoms with Crippen molar-refractivity contribution < 1.29 is 9.26 Å². The molecule has 0 radical (unpaired) electrons. The van der Waals surface area contributed by atoms with Crippen LogP contribution < -0.4 is 10.1 Å². The average molecular weight is 308 g/mol. The Labute approximate surface area is 136 Å². The molecule has 3 rings (SSSR count). The number of aromatic nitrogens is 1. The van der Waals surface area contributed by atoms with Crippen LogP contribution in [0.15, 0.2) is 59.1 Å². The van der Waals surface area contributed by atoms with E-state index in [2.05, 4.69) is 23.5 Å². The molecule has 1 aromatic heterocycles. The van der Waals surface area contributed by atoms with E-state index in [4.69, 9.17) is 9.26 Å². The van der Waals surface area contributed by atoms with Crippen LogP contribution in [0.1, 0.15) is 22.6 Å². The zero-order valence-electron chi connectivity index (χ0n) is 13.4. The van der Waals surface area contributed by atoms with Gasteiger partial charge in [-0.3, -0.25) is 0 Å². The highest BCUT2D eigenvalue weighted by Gasteiger charge is 2.05. The second-order valence-corrected chi connectivity index (χ2v) is 5.56. The largest absolute Gasteiger partial charge is 0.457 e. The van der Waals surface area contributed by atoms with Crippen molar-refractivity contribution >= 4 is 0 Å². The van der Waals surface area contributed by atoms with Crippen LogP contribution in [0.2, 0.25) is 0 Å². The van der Waals surface area contributed by atoms with Gasteiger partial charge < -0.3 is 14.6 Å². The molecule has 4 nitrogen and oxygen atoms in total. The number of nitrogens with zero attached hydrogens (tertiary/aromatic N) is 1. The van der Waals surface area contributed by atoms with Crippen LogP contribution in [0.5, 0.6) is 11.5 Å². The summed E-state index contributed by atoms with van der Waals surface area (Å²) in [5.74, 6) is 2.53. The molecule has 23 heavy (non-hydrogen) atoms. The van der Waals surface area contributed by atoms with Gasteiger partial charge in [0.25, 0.3) is 0 Å². The molecular formula is C19H20N2O2. The molecule has 0 bridgehead atoms. The van der Waals surface area contributed by atoms with Gasteiger partial charge in [-0.1, -0.05) is 41.1 Å². The second-order valence-electron chi connectivity index (χ2n) is 5.56. The van der Waals surface area contributed by atoms with E-state index in [1.807, 2.05) is 55.5 Å². The summed E-state index contributed by atoms with van der Waals surface area (Å²) >= 11 is 0. The summed E-state index contributed by atoms with van der Waals surface area (Å²) in [6, 6.07) is 18.0. The number of ether oxygens (including phenoxy) is 1. The Hall–Kier alpha value is -2.59. The van der Waals surface area contributed by atoms with E-state index in [1.165, 1.54) is 5.56 Å². The number of nitrogens with one attached hydrogen (secondary N) is 1. The molecule has 3 aromatic rings. The maximum atomic E-state index is 6.00. The fraction of sp³-hybridized carbons (Fsp3) is 0.211. The summed E-state index contributed by atoms with van der Waals surface area (Å²) in [5.41, 5.74) is 3.21. The van der Waals surface area contributed by atoms with Crippen molar-refractivity contribution in [2.45, 2.75) is 26.9 Å². The van der Waals surface area contributed by atoms with Gasteiger partial charge in [0.1, 0.15) is 11.5 Å². The molecule has 0 saturated carbocycles. The molecule has 0 atom stereocenters. The predicted molar refractivity (Wildman–Crippen MR) is 89.5 cm³/mol. The third-order valence-electron chi connectivity index (χ3n) is 3.51. The van der Waals surface area contributed by atoms with Gasteiger partial charge in [-0.25, -0.2) is 0 Å². The summed E-state index contributed by atoms with van der Waals surface area (Å²) in [6.07, 6.45) is 0. The molecule has 0 amide bonds. The van der Waals surface area contributed by atoms with Crippen molar-refractivity contribution in [3.8, 4) is 11.5 Å². The van der Waals surface area contributed by atoms with E-state index in [0.29, 0.717) is 13.1 Å². The lowest BCUT2D eigenvalue weighted by Crippen LogP contribution is -2.12. The number of hydrogen-bond acceptors (Lipinski definition) is 4. The van der Waals surface area contributed by atoms with Crippen molar-refractivity contribution in [1.29, 1.82) is 0 Å². The van der Waals surface area contributed by atoms with E-state index >= 15 is 0 Å². The molecule has 2 aromatic carbocycles. The molecule has 0 aliphatic heterocycles. The first-order valence-corrected chi connectivity index (χ1v) is 7.66. The number of aryl methyl sites for hydroxylation is 2. The maximum Gasteiger partial charge on any atom is 0.150 e. The van der Waals surface area contributed by atoms with Gasteiger partial charge in [0.15, 0.2) is 5.76 Å². The topological polar surface area (TPSA) is 47.3 Å². The van der Waals surface area contributed by atoms with E-state index < -0.39 is 0 Å². The summed E-state index contributed by atoms with van der Waals surface area (Å²) in [4.78, 5) is 0. The molecule has 0 saturated heterocycles. The Morgan fingerprint density at radius 1 is 1.00 bits per heavy atom. The van der Waals surface area contributed by atoms with Crippen LogP contribution in [-0.4, -0.2) is 5.16 Å². The number of benzene rings is 2. The summed E-state index contributed by atoms with van der Waals surface area (Å²) in [5, 5.41) is 7.24. The first-order valence-electron chi connectivity index (χ1n) is 7.66. The Morgan fingerprint density at radius 2 is 1.78 bits per heavy atom. The van der Waals surface area contributed by atoms with Crippen molar-refractivity contribution in [3.63, 3.8) is 0 Å². The van der Waals surface area contributed by atoms with Crippen LogP contribution in [-0.2, 0) is 13.1 Å². The van der Waals surface area contributed by atoms with Crippen LogP contribution >= 0.6 is 0 Å². The highest BCUT2D eigenvalue weighted by molar-refractivity contribution is 5.38. The van der Waals surface area contributed by atoms with Crippen LogP contribution in [0.4, 0.5) is 0 Å². The van der Waals surface area contributed by atoms with Crippen molar-refractivity contribution in [2.24, 2.45) is 0 Å². The number of para-hydroxylation sites is 1. The molecule has 0 aliphatic rings. The molecule has 0 fully saturated rings. The molecule has 0 unspecified atom stereocenters. The molecule has 0 spiro atoms. The molecular weight excluding hydrogens is 288 g/mol. The Balaban J connectivity index is 1.64. The second kappa shape index (κ2) is 7.11. The van der Waals surface area contributed by atoms with E-state index in [0.717, 1.165) is 28.5 Å². The lowest BCUT2D eigenvalue weighted by molar-refractivity contribution is 0.369. The molecule has 4 heteroatoms. The first-order chi connectivity index (χ1) is 11.2. The number of rotatable bonds is 6. The van der Waals surface area contributed by atoms with Gasteiger partial charge in [0, 0.05) is 18.2 Å². The average Bonchev–Trinajstić information content (AvgIpc) is 2.97. The minimum Gasteiger partial charge on any atom is -0.457 e. The highest BCUT2D eigenvalue weighted by atomic mass is 16.5. The van der Waals surface area contributed by atoms with Gasteiger partial charge in [0.2, 0.25) is 0 Å². The van der Waals surface area contributed by atoms with Gasteiger partial charge in [-0.2, -0.15) is 0 Å². The fourth-order valence-corrected chi connectivity index (χ4v) is 2.30. The zero-order valence-corrected chi connectivity index (χ0v) is 13.4. The molecule has 0 aliphatic carbocycles. The predicted octanol–water partition coefficient (Wildman–Crippen LogP) is 4.37. The van der Waals surface area contributed by atoms with Crippen LogP contribution in [0.3, 0.4) is 0 Å². The third kappa shape index (κ3) is 4.20. The minimum atomic E-state index is 0.639. The molecule has 1 N–H and O–H groups in total. The third-order valence-corrected chi connectivity index (χ3v) is 3.51. The minimum absolute atomic E-state index is 0.639.